The van der Waals surface area contributed by atoms with Crippen LogP contribution in [-0.4, -0.2) is 25.7 Å². The fourth-order valence-electron chi connectivity index (χ4n) is 2.15. The van der Waals surface area contributed by atoms with Crippen molar-refractivity contribution in [1.29, 1.82) is 0 Å². The minimum absolute atomic E-state index is 0.196. The summed E-state index contributed by atoms with van der Waals surface area (Å²) in [5.74, 6) is 1.89. The number of hydrogen-bond donors (Lipinski definition) is 1. The quantitative estimate of drug-likeness (QED) is 0.699. The normalized spacial score (nSPS) is 11.3. The van der Waals surface area contributed by atoms with E-state index in [-0.39, 0.29) is 5.91 Å². The molecule has 1 amide bonds. The third-order valence-electron chi connectivity index (χ3n) is 3.49. The molecule has 0 spiro atoms. The average Bonchev–Trinajstić information content (AvgIpc) is 2.66. The second-order valence-corrected chi connectivity index (χ2v) is 5.30. The van der Waals surface area contributed by atoms with Gasteiger partial charge in [-0.1, -0.05) is 19.6 Å². The summed E-state index contributed by atoms with van der Waals surface area (Å²) >= 11 is 0. The van der Waals surface area contributed by atoms with Gasteiger partial charge in [-0.3, -0.25) is 4.79 Å². The Balaban J connectivity index is 1.95. The van der Waals surface area contributed by atoms with Crippen molar-refractivity contribution in [3.63, 3.8) is 0 Å². The molecule has 0 bridgehead atoms. The number of benzene rings is 2. The monoisotopic (exact) mass is 341 g/mol. The van der Waals surface area contributed by atoms with Crippen LogP contribution in [0.15, 0.2) is 61.2 Å². The molecule has 0 aliphatic rings. The molecule has 0 fully saturated rings. The van der Waals surface area contributed by atoms with Gasteiger partial charge in [-0.15, -0.1) is 0 Å². The summed E-state index contributed by atoms with van der Waals surface area (Å²) in [5.41, 5.74) is 0.688. The molecule has 132 valence electrons. The second-order valence-electron chi connectivity index (χ2n) is 5.30. The van der Waals surface area contributed by atoms with Crippen molar-refractivity contribution in [2.45, 2.75) is 19.4 Å². The smallest absolute Gasteiger partial charge is 0.265 e. The number of amides is 1. The lowest BCUT2D eigenvalue weighted by Gasteiger charge is -2.17. The van der Waals surface area contributed by atoms with Gasteiger partial charge in [-0.2, -0.15) is 0 Å². The van der Waals surface area contributed by atoms with Gasteiger partial charge in [0, 0.05) is 5.69 Å². The summed E-state index contributed by atoms with van der Waals surface area (Å²) in [7, 11) is 1.60. The van der Waals surface area contributed by atoms with Crippen molar-refractivity contribution < 1.29 is 19.0 Å². The molecule has 5 nitrogen and oxygen atoms in total. The molecule has 0 aliphatic heterocycles. The Hall–Kier alpha value is -2.95. The molecule has 2 rings (SSSR count). The van der Waals surface area contributed by atoms with E-state index in [0.717, 1.165) is 11.5 Å². The number of hydrogen-bond acceptors (Lipinski definition) is 4. The lowest BCUT2D eigenvalue weighted by atomic mass is 10.2. The first kappa shape index (κ1) is 18.4. The predicted octanol–water partition coefficient (Wildman–Crippen LogP) is 4.06. The van der Waals surface area contributed by atoms with E-state index in [1.54, 1.807) is 61.7 Å². The topological polar surface area (TPSA) is 56.8 Å². The molecular formula is C20H23NO4. The Morgan fingerprint density at radius 2 is 1.68 bits per heavy atom. The maximum Gasteiger partial charge on any atom is 0.265 e. The summed E-state index contributed by atoms with van der Waals surface area (Å²) < 4.78 is 16.3. The number of ether oxygens (including phenoxy) is 3. The van der Waals surface area contributed by atoms with Crippen LogP contribution in [0, 0.1) is 0 Å². The van der Waals surface area contributed by atoms with Crippen LogP contribution in [0.1, 0.15) is 13.3 Å². The van der Waals surface area contributed by atoms with E-state index < -0.39 is 6.10 Å². The molecule has 0 saturated carbocycles. The molecule has 2 aromatic rings. The molecule has 0 radical (unpaired) electrons. The Morgan fingerprint density at radius 3 is 2.24 bits per heavy atom. The largest absolute Gasteiger partial charge is 0.497 e. The highest BCUT2D eigenvalue weighted by molar-refractivity contribution is 5.94. The summed E-state index contributed by atoms with van der Waals surface area (Å²) in [6.45, 7) is 5.95. The Morgan fingerprint density at radius 1 is 1.08 bits per heavy atom. The fraction of sp³-hybridized carbons (Fsp3) is 0.250. The first-order valence-electron chi connectivity index (χ1n) is 8.11. The van der Waals surface area contributed by atoms with E-state index in [1.165, 1.54) is 0 Å². The van der Waals surface area contributed by atoms with Crippen LogP contribution in [0.2, 0.25) is 0 Å². The van der Waals surface area contributed by atoms with Gasteiger partial charge in [0.15, 0.2) is 6.10 Å². The highest BCUT2D eigenvalue weighted by Gasteiger charge is 2.18. The van der Waals surface area contributed by atoms with Crippen LogP contribution in [0.3, 0.4) is 0 Å². The zero-order chi connectivity index (χ0) is 18.1. The van der Waals surface area contributed by atoms with Crippen molar-refractivity contribution in [3.05, 3.63) is 61.2 Å². The van der Waals surface area contributed by atoms with E-state index >= 15 is 0 Å². The van der Waals surface area contributed by atoms with Gasteiger partial charge in [0.2, 0.25) is 0 Å². The van der Waals surface area contributed by atoms with Gasteiger partial charge in [-0.05, 0) is 55.0 Å². The predicted molar refractivity (Wildman–Crippen MR) is 98.5 cm³/mol. The number of nitrogens with one attached hydrogen (secondary N) is 1. The molecule has 0 saturated heterocycles. The van der Waals surface area contributed by atoms with Crippen LogP contribution < -0.4 is 19.5 Å². The molecular weight excluding hydrogens is 318 g/mol. The number of methoxy groups -OCH3 is 1. The van der Waals surface area contributed by atoms with Crippen LogP contribution in [-0.2, 0) is 4.79 Å². The van der Waals surface area contributed by atoms with Crippen LogP contribution >= 0.6 is 0 Å². The molecule has 0 aromatic heterocycles. The van der Waals surface area contributed by atoms with Crippen molar-refractivity contribution in [2.24, 2.45) is 0 Å². The maximum atomic E-state index is 12.4. The van der Waals surface area contributed by atoms with E-state index in [1.807, 2.05) is 6.92 Å². The zero-order valence-corrected chi connectivity index (χ0v) is 14.5. The van der Waals surface area contributed by atoms with Gasteiger partial charge < -0.3 is 19.5 Å². The van der Waals surface area contributed by atoms with Crippen molar-refractivity contribution in [2.75, 3.05) is 19.0 Å². The fourth-order valence-corrected chi connectivity index (χ4v) is 2.15. The van der Waals surface area contributed by atoms with E-state index in [4.69, 9.17) is 14.2 Å². The van der Waals surface area contributed by atoms with Crippen molar-refractivity contribution in [1.82, 2.24) is 0 Å². The average molecular weight is 341 g/mol. The lowest BCUT2D eigenvalue weighted by molar-refractivity contribution is -0.122. The lowest BCUT2D eigenvalue weighted by Crippen LogP contribution is -2.32. The number of carbonyl (C=O) groups excluding carboxylic acids is 1. The molecule has 2 aromatic carbocycles. The molecule has 1 N–H and O–H groups in total. The molecule has 1 atom stereocenters. The zero-order valence-electron chi connectivity index (χ0n) is 14.5. The van der Waals surface area contributed by atoms with Gasteiger partial charge >= 0.3 is 0 Å². The Labute approximate surface area is 148 Å². The van der Waals surface area contributed by atoms with E-state index in [2.05, 4.69) is 11.9 Å². The Bertz CT molecular complexity index is 680. The van der Waals surface area contributed by atoms with Crippen molar-refractivity contribution in [3.8, 4) is 17.2 Å². The first-order valence-corrected chi connectivity index (χ1v) is 8.11. The third-order valence-corrected chi connectivity index (χ3v) is 3.49. The van der Waals surface area contributed by atoms with E-state index in [0.29, 0.717) is 24.5 Å². The number of carbonyl (C=O) groups is 1. The second kappa shape index (κ2) is 9.37. The highest BCUT2D eigenvalue weighted by Crippen LogP contribution is 2.20. The maximum absolute atomic E-state index is 12.4. The third kappa shape index (κ3) is 5.57. The van der Waals surface area contributed by atoms with Gasteiger partial charge in [0.25, 0.3) is 5.91 Å². The van der Waals surface area contributed by atoms with Crippen LogP contribution in [0.25, 0.3) is 0 Å². The van der Waals surface area contributed by atoms with Crippen molar-refractivity contribution >= 4 is 11.6 Å². The number of rotatable bonds is 9. The van der Waals surface area contributed by atoms with Gasteiger partial charge in [0.1, 0.15) is 23.9 Å². The molecule has 25 heavy (non-hydrogen) atoms. The highest BCUT2D eigenvalue weighted by atomic mass is 16.5. The molecule has 0 heterocycles. The minimum Gasteiger partial charge on any atom is -0.497 e. The van der Waals surface area contributed by atoms with Gasteiger partial charge in [-0.25, -0.2) is 0 Å². The summed E-state index contributed by atoms with van der Waals surface area (Å²) in [4.78, 5) is 12.4. The standard InChI is InChI=1S/C20H23NO4/c1-4-14-24-17-8-6-15(7-9-17)21-20(22)19(5-2)25-18-12-10-16(23-3)11-13-18/h4,6-13,19H,1,5,14H2,2-3H3,(H,21,22)/t19-/m0/s1. The summed E-state index contributed by atoms with van der Waals surface area (Å²) in [6.07, 6.45) is 1.65. The van der Waals surface area contributed by atoms with Crippen LogP contribution in [0.5, 0.6) is 17.2 Å². The molecule has 0 unspecified atom stereocenters. The molecule has 0 aliphatic carbocycles. The first-order chi connectivity index (χ1) is 12.2. The molecule has 5 heteroatoms. The minimum atomic E-state index is -0.579. The summed E-state index contributed by atoms with van der Waals surface area (Å²) in [6, 6.07) is 14.3. The summed E-state index contributed by atoms with van der Waals surface area (Å²) in [5, 5.41) is 2.85. The Kier molecular flexibility index (Phi) is 6.89. The van der Waals surface area contributed by atoms with E-state index in [9.17, 15) is 4.79 Å². The van der Waals surface area contributed by atoms with Gasteiger partial charge in [0.05, 0.1) is 7.11 Å². The number of anilines is 1. The van der Waals surface area contributed by atoms with Crippen LogP contribution in [0.4, 0.5) is 5.69 Å². The SMILES string of the molecule is C=CCOc1ccc(NC(=O)[C@H](CC)Oc2ccc(OC)cc2)cc1.